The second kappa shape index (κ2) is 6.01. The number of hydrogen-bond donors (Lipinski definition) is 1. The Bertz CT molecular complexity index is 1100. The Morgan fingerprint density at radius 1 is 1.04 bits per heavy atom. The predicted octanol–water partition coefficient (Wildman–Crippen LogP) is 4.82. The van der Waals surface area contributed by atoms with E-state index in [4.69, 9.17) is 0 Å². The lowest BCUT2D eigenvalue weighted by molar-refractivity contribution is -0.137. The standard InChI is InChI=1S/C19H15F3N4/c1-12-9-17-24-18(15-7-2-3-8-16(15)26(17)25-12)23-11-13-5-4-6-14(10-13)19(20,21)22/h2-10H,11H2,1H3,(H,23,24). The third-order valence-electron chi connectivity index (χ3n) is 4.14. The minimum absolute atomic E-state index is 0.240. The molecule has 0 saturated carbocycles. The number of hydrogen-bond acceptors (Lipinski definition) is 3. The fourth-order valence-electron chi connectivity index (χ4n) is 2.95. The fraction of sp³-hybridized carbons (Fsp3) is 0.158. The summed E-state index contributed by atoms with van der Waals surface area (Å²) < 4.78 is 40.4. The Morgan fingerprint density at radius 2 is 1.85 bits per heavy atom. The molecule has 0 aliphatic carbocycles. The zero-order valence-electron chi connectivity index (χ0n) is 13.9. The topological polar surface area (TPSA) is 42.2 Å². The van der Waals surface area contributed by atoms with Gasteiger partial charge in [-0.2, -0.15) is 18.3 Å². The summed E-state index contributed by atoms with van der Waals surface area (Å²) in [5, 5.41) is 8.46. The van der Waals surface area contributed by atoms with E-state index in [-0.39, 0.29) is 6.54 Å². The van der Waals surface area contributed by atoms with Gasteiger partial charge in [0.2, 0.25) is 0 Å². The summed E-state index contributed by atoms with van der Waals surface area (Å²) in [6.07, 6.45) is -4.35. The molecule has 0 radical (unpaired) electrons. The van der Waals surface area contributed by atoms with Gasteiger partial charge in [-0.05, 0) is 36.8 Å². The molecule has 1 N–H and O–H groups in total. The van der Waals surface area contributed by atoms with Crippen LogP contribution in [0.15, 0.2) is 54.6 Å². The molecule has 0 fully saturated rings. The van der Waals surface area contributed by atoms with Crippen LogP contribution in [0.2, 0.25) is 0 Å². The van der Waals surface area contributed by atoms with Gasteiger partial charge in [-0.25, -0.2) is 9.50 Å². The number of fused-ring (bicyclic) bond motifs is 3. The van der Waals surface area contributed by atoms with Crippen LogP contribution < -0.4 is 5.32 Å². The number of nitrogens with one attached hydrogen (secondary N) is 1. The normalized spacial score (nSPS) is 12.0. The molecular weight excluding hydrogens is 341 g/mol. The van der Waals surface area contributed by atoms with Crippen LogP contribution in [0.25, 0.3) is 16.6 Å². The lowest BCUT2D eigenvalue weighted by atomic mass is 10.1. The second-order valence-electron chi connectivity index (χ2n) is 6.08. The highest BCUT2D eigenvalue weighted by Gasteiger charge is 2.30. The quantitative estimate of drug-likeness (QED) is 0.572. The van der Waals surface area contributed by atoms with Crippen LogP contribution in [0.4, 0.5) is 19.0 Å². The van der Waals surface area contributed by atoms with Gasteiger partial charge in [0.1, 0.15) is 5.82 Å². The molecule has 0 aliphatic heterocycles. The van der Waals surface area contributed by atoms with Crippen LogP contribution in [0.3, 0.4) is 0 Å². The molecule has 0 atom stereocenters. The number of benzene rings is 2. The number of aromatic nitrogens is 3. The smallest absolute Gasteiger partial charge is 0.365 e. The van der Waals surface area contributed by atoms with Gasteiger partial charge in [0.25, 0.3) is 0 Å². The van der Waals surface area contributed by atoms with Crippen molar-refractivity contribution in [2.45, 2.75) is 19.6 Å². The molecule has 4 rings (SSSR count). The average Bonchev–Trinajstić information content (AvgIpc) is 2.99. The predicted molar refractivity (Wildman–Crippen MR) is 94.0 cm³/mol. The second-order valence-corrected chi connectivity index (χ2v) is 6.08. The minimum atomic E-state index is -4.35. The third kappa shape index (κ3) is 2.96. The van der Waals surface area contributed by atoms with Crippen molar-refractivity contribution in [1.29, 1.82) is 0 Å². The first-order chi connectivity index (χ1) is 12.4. The monoisotopic (exact) mass is 356 g/mol. The Kier molecular flexibility index (Phi) is 3.79. The van der Waals surface area contributed by atoms with Crippen molar-refractivity contribution in [2.24, 2.45) is 0 Å². The highest BCUT2D eigenvalue weighted by atomic mass is 19.4. The molecule has 0 spiro atoms. The molecule has 2 heterocycles. The maximum Gasteiger partial charge on any atom is 0.416 e. The Hall–Kier alpha value is -3.09. The van der Waals surface area contributed by atoms with E-state index in [1.165, 1.54) is 6.07 Å². The number of nitrogens with zero attached hydrogens (tertiary/aromatic N) is 3. The van der Waals surface area contributed by atoms with Gasteiger partial charge < -0.3 is 5.32 Å². The molecule has 0 amide bonds. The van der Waals surface area contributed by atoms with Crippen molar-refractivity contribution in [2.75, 3.05) is 5.32 Å². The van der Waals surface area contributed by atoms with Crippen molar-refractivity contribution in [1.82, 2.24) is 14.6 Å². The van der Waals surface area contributed by atoms with E-state index >= 15 is 0 Å². The van der Waals surface area contributed by atoms with E-state index < -0.39 is 11.7 Å². The van der Waals surface area contributed by atoms with E-state index in [1.807, 2.05) is 37.3 Å². The van der Waals surface area contributed by atoms with Crippen LogP contribution in [-0.4, -0.2) is 14.6 Å². The van der Waals surface area contributed by atoms with Crippen molar-refractivity contribution in [3.63, 3.8) is 0 Å². The van der Waals surface area contributed by atoms with Gasteiger partial charge in [-0.3, -0.25) is 0 Å². The summed E-state index contributed by atoms with van der Waals surface area (Å²) in [5.41, 5.74) is 2.30. The Labute approximate surface area is 147 Å². The van der Waals surface area contributed by atoms with Crippen LogP contribution in [0.5, 0.6) is 0 Å². The van der Waals surface area contributed by atoms with Gasteiger partial charge >= 0.3 is 6.18 Å². The minimum Gasteiger partial charge on any atom is -0.365 e. The van der Waals surface area contributed by atoms with Crippen LogP contribution >= 0.6 is 0 Å². The summed E-state index contributed by atoms with van der Waals surface area (Å²) in [7, 11) is 0. The van der Waals surface area contributed by atoms with Crippen molar-refractivity contribution in [3.05, 3.63) is 71.4 Å². The van der Waals surface area contributed by atoms with Crippen LogP contribution in [0, 0.1) is 6.92 Å². The van der Waals surface area contributed by atoms with E-state index in [9.17, 15) is 13.2 Å². The summed E-state index contributed by atoms with van der Waals surface area (Å²) in [4.78, 5) is 4.58. The lowest BCUT2D eigenvalue weighted by Crippen LogP contribution is -2.08. The first kappa shape index (κ1) is 16.4. The average molecular weight is 356 g/mol. The summed E-state index contributed by atoms with van der Waals surface area (Å²) in [6, 6.07) is 14.8. The van der Waals surface area contributed by atoms with Gasteiger partial charge in [0.15, 0.2) is 5.65 Å². The van der Waals surface area contributed by atoms with Gasteiger partial charge in [-0.1, -0.05) is 24.3 Å². The van der Waals surface area contributed by atoms with Crippen LogP contribution in [-0.2, 0) is 12.7 Å². The molecule has 7 heteroatoms. The van der Waals surface area contributed by atoms with E-state index in [0.29, 0.717) is 17.0 Å². The number of anilines is 1. The highest BCUT2D eigenvalue weighted by Crippen LogP contribution is 2.30. The Balaban J connectivity index is 1.71. The summed E-state index contributed by atoms with van der Waals surface area (Å²) >= 11 is 0. The zero-order chi connectivity index (χ0) is 18.3. The largest absolute Gasteiger partial charge is 0.416 e. The lowest BCUT2D eigenvalue weighted by Gasteiger charge is -2.12. The fourth-order valence-corrected chi connectivity index (χ4v) is 2.95. The molecule has 132 valence electrons. The first-order valence-corrected chi connectivity index (χ1v) is 8.07. The molecule has 2 aromatic heterocycles. The number of para-hydroxylation sites is 1. The van der Waals surface area contributed by atoms with Crippen molar-refractivity contribution in [3.8, 4) is 0 Å². The molecule has 4 aromatic rings. The maximum absolute atomic E-state index is 12.9. The number of aryl methyl sites for hydroxylation is 1. The highest BCUT2D eigenvalue weighted by molar-refractivity contribution is 5.91. The summed E-state index contributed by atoms with van der Waals surface area (Å²) in [6.45, 7) is 2.13. The van der Waals surface area contributed by atoms with E-state index in [1.54, 1.807) is 10.6 Å². The summed E-state index contributed by atoms with van der Waals surface area (Å²) in [5.74, 6) is 0.616. The maximum atomic E-state index is 12.9. The molecule has 2 aromatic carbocycles. The SMILES string of the molecule is Cc1cc2nc(NCc3cccc(C(F)(F)F)c3)c3ccccc3n2n1. The number of rotatable bonds is 3. The van der Waals surface area contributed by atoms with Gasteiger partial charge in [-0.15, -0.1) is 0 Å². The zero-order valence-corrected chi connectivity index (χ0v) is 13.9. The molecule has 0 unspecified atom stereocenters. The molecule has 4 nitrogen and oxygen atoms in total. The van der Waals surface area contributed by atoms with Crippen LogP contribution in [0.1, 0.15) is 16.8 Å². The number of halogens is 3. The molecule has 0 aliphatic rings. The Morgan fingerprint density at radius 3 is 2.65 bits per heavy atom. The van der Waals surface area contributed by atoms with Crippen molar-refractivity contribution < 1.29 is 13.2 Å². The molecule has 0 saturated heterocycles. The van der Waals surface area contributed by atoms with Gasteiger partial charge in [0.05, 0.1) is 16.8 Å². The molecule has 0 bridgehead atoms. The van der Waals surface area contributed by atoms with Gasteiger partial charge in [0, 0.05) is 18.0 Å². The third-order valence-corrected chi connectivity index (χ3v) is 4.14. The van der Waals surface area contributed by atoms with E-state index in [2.05, 4.69) is 15.4 Å². The first-order valence-electron chi connectivity index (χ1n) is 8.07. The number of alkyl halides is 3. The molecule has 26 heavy (non-hydrogen) atoms. The van der Waals surface area contributed by atoms with Crippen molar-refractivity contribution >= 4 is 22.4 Å². The molecular formula is C19H15F3N4. The van der Waals surface area contributed by atoms with E-state index in [0.717, 1.165) is 28.7 Å².